The summed E-state index contributed by atoms with van der Waals surface area (Å²) in [4.78, 5) is 25.0. The maximum atomic E-state index is 11.9. The second-order valence-electron chi connectivity index (χ2n) is 4.98. The van der Waals surface area contributed by atoms with Crippen LogP contribution in [0.1, 0.15) is 0 Å². The Balaban J connectivity index is 2.70. The van der Waals surface area contributed by atoms with E-state index in [4.69, 9.17) is 12.2 Å². The zero-order valence-corrected chi connectivity index (χ0v) is 15.7. The Morgan fingerprint density at radius 1 is 1.00 bits per heavy atom. The number of aromatic nitrogens is 1. The van der Waals surface area contributed by atoms with Crippen LogP contribution in [-0.4, -0.2) is 53.7 Å². The van der Waals surface area contributed by atoms with Gasteiger partial charge in [0, 0.05) is 28.2 Å². The third-order valence-electron chi connectivity index (χ3n) is 2.74. The lowest BCUT2D eigenvalue weighted by Crippen LogP contribution is -2.29. The Morgan fingerprint density at radius 2 is 1.57 bits per heavy atom. The molecule has 2 rings (SSSR count). The summed E-state index contributed by atoms with van der Waals surface area (Å²) in [6.45, 7) is 0. The number of nitrogens with zero attached hydrogens (tertiary/aromatic N) is 5. The number of hydrogen-bond donors (Lipinski definition) is 0. The van der Waals surface area contributed by atoms with E-state index in [9.17, 15) is 4.79 Å². The second kappa shape index (κ2) is 7.62. The molecule has 0 saturated heterocycles. The van der Waals surface area contributed by atoms with Gasteiger partial charge in [-0.15, -0.1) is 0 Å². The summed E-state index contributed by atoms with van der Waals surface area (Å²) < 4.78 is 1.84. The molecule has 2 amide bonds. The third-order valence-corrected chi connectivity index (χ3v) is 5.27. The van der Waals surface area contributed by atoms with Gasteiger partial charge in [0.15, 0.2) is 5.11 Å². The maximum absolute atomic E-state index is 11.9. The first-order chi connectivity index (χ1) is 10.9. The molecular formula is C14H17N5OS3. The van der Waals surface area contributed by atoms with Gasteiger partial charge in [-0.25, -0.2) is 4.79 Å². The molecule has 0 bridgehead atoms. The predicted molar refractivity (Wildman–Crippen MR) is 98.0 cm³/mol. The first-order valence-corrected chi connectivity index (χ1v) is 9.25. The number of urea groups is 1. The Kier molecular flexibility index (Phi) is 5.80. The number of carbonyl (C=O) groups excluding carboxylic acids is 1. The van der Waals surface area contributed by atoms with Crippen LogP contribution in [0.5, 0.6) is 0 Å². The number of para-hydroxylation sites is 1. The molecule has 0 spiro atoms. The average molecular weight is 368 g/mol. The summed E-state index contributed by atoms with van der Waals surface area (Å²) in [5.74, 6) is 0. The van der Waals surface area contributed by atoms with Crippen molar-refractivity contribution in [3.63, 3.8) is 0 Å². The molecule has 0 aliphatic carbocycles. The molecule has 9 heteroatoms. The molecule has 0 aliphatic heterocycles. The van der Waals surface area contributed by atoms with Gasteiger partial charge in [-0.1, -0.05) is 18.2 Å². The van der Waals surface area contributed by atoms with Crippen molar-refractivity contribution in [2.24, 2.45) is 9.98 Å². The minimum absolute atomic E-state index is 0.314. The van der Waals surface area contributed by atoms with Crippen LogP contribution in [-0.2, 0) is 0 Å². The lowest BCUT2D eigenvalue weighted by atomic mass is 10.3. The number of thiocarbonyl (C=S) groups is 1. The fourth-order valence-electron chi connectivity index (χ4n) is 1.53. The van der Waals surface area contributed by atoms with Gasteiger partial charge in [0.1, 0.15) is 0 Å². The Hall–Kier alpha value is -1.84. The van der Waals surface area contributed by atoms with E-state index in [0.717, 1.165) is 5.69 Å². The van der Waals surface area contributed by atoms with Crippen LogP contribution in [0.4, 0.5) is 4.79 Å². The van der Waals surface area contributed by atoms with Crippen molar-refractivity contribution in [1.82, 2.24) is 14.4 Å². The number of carbonyl (C=O) groups is 1. The summed E-state index contributed by atoms with van der Waals surface area (Å²) >= 11 is 5.26. The Bertz CT molecular complexity index is 780. The topological polar surface area (TPSA) is 53.2 Å². The summed E-state index contributed by atoms with van der Waals surface area (Å²) in [7, 11) is 9.84. The van der Waals surface area contributed by atoms with E-state index in [1.807, 2.05) is 49.0 Å². The highest BCUT2D eigenvalue weighted by atomic mass is 32.9. The minimum Gasteiger partial charge on any atom is -0.353 e. The van der Waals surface area contributed by atoms with Crippen molar-refractivity contribution in [2.75, 3.05) is 28.2 Å². The normalized spacial score (nSPS) is 12.3. The number of rotatable bonds is 1. The van der Waals surface area contributed by atoms with Gasteiger partial charge in [-0.2, -0.15) is 9.98 Å². The largest absolute Gasteiger partial charge is 0.353 e. The van der Waals surface area contributed by atoms with Crippen molar-refractivity contribution in [2.45, 2.75) is 0 Å². The van der Waals surface area contributed by atoms with Crippen LogP contribution in [0.2, 0.25) is 0 Å². The molecule has 0 N–H and O–H groups in total. The van der Waals surface area contributed by atoms with Crippen molar-refractivity contribution >= 4 is 44.0 Å². The molecule has 1 aromatic heterocycles. The molecule has 0 saturated carbocycles. The smallest absolute Gasteiger partial charge is 0.345 e. The van der Waals surface area contributed by atoms with Crippen LogP contribution < -0.4 is 9.60 Å². The molecule has 1 heterocycles. The first kappa shape index (κ1) is 17.5. The lowest BCUT2D eigenvalue weighted by Gasteiger charge is -2.08. The number of hydrogen-bond acceptors (Lipinski definition) is 4. The Morgan fingerprint density at radius 3 is 2.09 bits per heavy atom. The third kappa shape index (κ3) is 4.34. The van der Waals surface area contributed by atoms with Crippen LogP contribution >= 0.6 is 32.9 Å². The molecule has 23 heavy (non-hydrogen) atoms. The van der Waals surface area contributed by atoms with E-state index in [1.54, 1.807) is 19.0 Å². The number of benzene rings is 1. The fourth-order valence-corrected chi connectivity index (χ4v) is 3.77. The molecule has 0 aliphatic rings. The first-order valence-electron chi connectivity index (χ1n) is 6.70. The second-order valence-corrected chi connectivity index (χ2v) is 7.41. The van der Waals surface area contributed by atoms with Gasteiger partial charge in [-0.05, 0) is 45.0 Å². The van der Waals surface area contributed by atoms with Gasteiger partial charge >= 0.3 is 6.03 Å². The van der Waals surface area contributed by atoms with E-state index in [-0.39, 0.29) is 6.03 Å². The molecule has 0 radical (unpaired) electrons. The zero-order valence-electron chi connectivity index (χ0n) is 13.3. The summed E-state index contributed by atoms with van der Waals surface area (Å²) in [5.41, 5.74) is 0.885. The van der Waals surface area contributed by atoms with Crippen LogP contribution in [0.15, 0.2) is 40.3 Å². The molecule has 6 nitrogen and oxygen atoms in total. The highest BCUT2D eigenvalue weighted by Crippen LogP contribution is 2.05. The van der Waals surface area contributed by atoms with Crippen molar-refractivity contribution < 1.29 is 4.79 Å². The van der Waals surface area contributed by atoms with Gasteiger partial charge in [0.2, 0.25) is 9.60 Å². The van der Waals surface area contributed by atoms with Gasteiger partial charge in [-0.3, -0.25) is 4.57 Å². The van der Waals surface area contributed by atoms with Crippen molar-refractivity contribution in [1.29, 1.82) is 0 Å². The molecule has 2 aromatic rings. The lowest BCUT2D eigenvalue weighted by molar-refractivity contribution is 0.226. The summed E-state index contributed by atoms with van der Waals surface area (Å²) in [6.07, 6.45) is 0. The van der Waals surface area contributed by atoms with E-state index in [2.05, 4.69) is 9.98 Å². The quantitative estimate of drug-likeness (QED) is 0.572. The van der Waals surface area contributed by atoms with Gasteiger partial charge in [0.25, 0.3) is 0 Å². The van der Waals surface area contributed by atoms with E-state index < -0.39 is 0 Å². The van der Waals surface area contributed by atoms with Gasteiger partial charge in [0.05, 0.1) is 5.69 Å². The summed E-state index contributed by atoms with van der Waals surface area (Å²) in [5, 5.41) is 0.467. The van der Waals surface area contributed by atoms with E-state index in [1.165, 1.54) is 25.6 Å². The Labute approximate surface area is 147 Å². The maximum Gasteiger partial charge on any atom is 0.345 e. The molecular weight excluding hydrogens is 350 g/mol. The average Bonchev–Trinajstić information content (AvgIpc) is 2.90. The SMILES string of the molecule is CN(C)C(=O)N=c1ssc(=NC(=S)N(C)C)n1-c1ccccc1. The minimum atomic E-state index is -0.314. The standard InChI is InChI=1S/C14H17N5OS3/c1-17(2)11(20)15-13-19(10-8-6-5-7-9-10)14(23-22-13)16-12(21)18(3)4/h5-9H,1-4H3. The highest BCUT2D eigenvalue weighted by Gasteiger charge is 2.08. The van der Waals surface area contributed by atoms with Crippen molar-refractivity contribution in [3.8, 4) is 5.69 Å². The van der Waals surface area contributed by atoms with Crippen LogP contribution in [0.3, 0.4) is 0 Å². The predicted octanol–water partition coefficient (Wildman–Crippen LogP) is 1.93. The van der Waals surface area contributed by atoms with E-state index in [0.29, 0.717) is 14.7 Å². The molecule has 122 valence electrons. The van der Waals surface area contributed by atoms with E-state index >= 15 is 0 Å². The molecule has 0 atom stereocenters. The number of amides is 2. The zero-order chi connectivity index (χ0) is 17.0. The van der Waals surface area contributed by atoms with Gasteiger partial charge < -0.3 is 9.80 Å². The van der Waals surface area contributed by atoms with Crippen molar-refractivity contribution in [3.05, 3.63) is 39.9 Å². The van der Waals surface area contributed by atoms with Crippen LogP contribution in [0, 0.1) is 0 Å². The highest BCUT2D eigenvalue weighted by molar-refractivity contribution is 7.80. The summed E-state index contributed by atoms with van der Waals surface area (Å²) in [6, 6.07) is 9.35. The van der Waals surface area contributed by atoms with Crippen LogP contribution in [0.25, 0.3) is 5.69 Å². The molecule has 1 aromatic carbocycles. The monoisotopic (exact) mass is 367 g/mol. The molecule has 0 fully saturated rings. The fraction of sp³-hybridized carbons (Fsp3) is 0.286. The molecule has 0 unspecified atom stereocenters.